The average molecular weight is 346 g/mol. The van der Waals surface area contributed by atoms with Crippen LogP contribution in [-0.2, 0) is 10.0 Å². The number of nitrogens with one attached hydrogen (secondary N) is 2. The van der Waals surface area contributed by atoms with Crippen LogP contribution in [0.25, 0.3) is 0 Å². The zero-order chi connectivity index (χ0) is 15.6. The topological polar surface area (TPSA) is 88.2 Å². The fourth-order valence-electron chi connectivity index (χ4n) is 1.55. The highest BCUT2D eigenvalue weighted by Crippen LogP contribution is 2.25. The molecule has 0 atom stereocenters. The van der Waals surface area contributed by atoms with Crippen molar-refractivity contribution >= 4 is 44.0 Å². The maximum absolute atomic E-state index is 12.2. The fraction of sp³-hybridized carbons (Fsp3) is 0.167. The first-order valence-electron chi connectivity index (χ1n) is 5.81. The van der Waals surface area contributed by atoms with Crippen LogP contribution in [0.2, 0.25) is 5.02 Å². The van der Waals surface area contributed by atoms with Crippen molar-refractivity contribution in [2.24, 2.45) is 0 Å². The van der Waals surface area contributed by atoms with Gasteiger partial charge in [0.05, 0.1) is 10.6 Å². The van der Waals surface area contributed by atoms with Gasteiger partial charge in [0.2, 0.25) is 0 Å². The minimum Gasteiger partial charge on any atom is -0.354 e. The average Bonchev–Trinajstić information content (AvgIpc) is 2.78. The molecule has 0 fully saturated rings. The second-order valence-electron chi connectivity index (χ2n) is 4.07. The second-order valence-corrected chi connectivity index (χ2v) is 7.19. The lowest BCUT2D eigenvalue weighted by atomic mass is 10.4. The van der Waals surface area contributed by atoms with E-state index in [9.17, 15) is 13.2 Å². The quantitative estimate of drug-likeness (QED) is 0.889. The number of hydrogen-bond acceptors (Lipinski definition) is 5. The molecule has 0 radical (unpaired) electrons. The molecule has 0 bridgehead atoms. The van der Waals surface area contributed by atoms with Gasteiger partial charge in [-0.1, -0.05) is 22.9 Å². The first-order valence-corrected chi connectivity index (χ1v) is 8.49. The molecule has 0 saturated heterocycles. The third-order valence-electron chi connectivity index (χ3n) is 2.58. The Hall–Kier alpha value is -1.64. The van der Waals surface area contributed by atoms with Crippen molar-refractivity contribution in [2.45, 2.75) is 11.8 Å². The van der Waals surface area contributed by atoms with Gasteiger partial charge < -0.3 is 5.32 Å². The number of halogens is 1. The van der Waals surface area contributed by atoms with Crippen LogP contribution < -0.4 is 10.0 Å². The first kappa shape index (κ1) is 15.7. The molecule has 2 aromatic rings. The van der Waals surface area contributed by atoms with E-state index in [1.54, 1.807) is 6.92 Å². The molecule has 0 aliphatic carbocycles. The van der Waals surface area contributed by atoms with Crippen LogP contribution in [0, 0.1) is 6.92 Å². The van der Waals surface area contributed by atoms with Gasteiger partial charge in [-0.25, -0.2) is 13.4 Å². The van der Waals surface area contributed by atoms with Gasteiger partial charge in [0.25, 0.3) is 15.9 Å². The molecule has 1 amide bonds. The van der Waals surface area contributed by atoms with Crippen LogP contribution >= 0.6 is 22.9 Å². The summed E-state index contributed by atoms with van der Waals surface area (Å²) in [4.78, 5) is 16.1. The van der Waals surface area contributed by atoms with E-state index in [1.165, 1.54) is 31.3 Å². The number of carbonyl (C=O) groups excluding carboxylic acids is 1. The van der Waals surface area contributed by atoms with Crippen LogP contribution in [0.15, 0.2) is 29.2 Å². The minimum atomic E-state index is -3.76. The maximum atomic E-state index is 12.2. The molecule has 0 spiro atoms. The van der Waals surface area contributed by atoms with Crippen molar-refractivity contribution in [3.05, 3.63) is 39.9 Å². The van der Waals surface area contributed by atoms with Crippen LogP contribution in [0.4, 0.5) is 5.13 Å². The maximum Gasteiger partial charge on any atom is 0.263 e. The van der Waals surface area contributed by atoms with Gasteiger partial charge >= 0.3 is 0 Å². The van der Waals surface area contributed by atoms with Crippen molar-refractivity contribution in [1.82, 2.24) is 10.3 Å². The SMILES string of the molecule is CNC(=O)c1sc(NS(=O)(=O)c2ccc(Cl)cc2)nc1C. The number of carbonyl (C=O) groups is 1. The lowest BCUT2D eigenvalue weighted by Crippen LogP contribution is -2.17. The van der Waals surface area contributed by atoms with E-state index in [4.69, 9.17) is 11.6 Å². The number of nitrogens with zero attached hydrogens (tertiary/aromatic N) is 1. The monoisotopic (exact) mass is 345 g/mol. The number of benzene rings is 1. The Morgan fingerprint density at radius 3 is 2.48 bits per heavy atom. The van der Waals surface area contributed by atoms with Crippen LogP contribution in [0.3, 0.4) is 0 Å². The van der Waals surface area contributed by atoms with Crippen LogP contribution in [0.5, 0.6) is 0 Å². The highest BCUT2D eigenvalue weighted by Gasteiger charge is 2.19. The molecule has 0 aliphatic rings. The molecule has 21 heavy (non-hydrogen) atoms. The summed E-state index contributed by atoms with van der Waals surface area (Å²) in [7, 11) is -2.26. The smallest absolute Gasteiger partial charge is 0.263 e. The van der Waals surface area contributed by atoms with Crippen molar-refractivity contribution in [3.63, 3.8) is 0 Å². The first-order chi connectivity index (χ1) is 9.83. The van der Waals surface area contributed by atoms with Gasteiger partial charge in [-0.15, -0.1) is 0 Å². The number of rotatable bonds is 4. The molecule has 2 rings (SSSR count). The molecular formula is C12H12ClN3O3S2. The number of amides is 1. The predicted molar refractivity (Wildman–Crippen MR) is 82.5 cm³/mol. The zero-order valence-corrected chi connectivity index (χ0v) is 13.6. The molecule has 1 aromatic carbocycles. The molecular weight excluding hydrogens is 334 g/mol. The van der Waals surface area contributed by atoms with Crippen molar-refractivity contribution in [1.29, 1.82) is 0 Å². The van der Waals surface area contributed by atoms with E-state index in [1.807, 2.05) is 0 Å². The third kappa shape index (κ3) is 3.52. The molecule has 9 heteroatoms. The second kappa shape index (κ2) is 6.00. The van der Waals surface area contributed by atoms with Crippen molar-refractivity contribution < 1.29 is 13.2 Å². The predicted octanol–water partition coefficient (Wildman–Crippen LogP) is 2.27. The zero-order valence-electron chi connectivity index (χ0n) is 11.2. The van der Waals surface area contributed by atoms with Crippen molar-refractivity contribution in [2.75, 3.05) is 11.8 Å². The molecule has 112 valence electrons. The summed E-state index contributed by atoms with van der Waals surface area (Å²) < 4.78 is 26.7. The van der Waals surface area contributed by atoms with Gasteiger partial charge in [0.1, 0.15) is 4.88 Å². The third-order valence-corrected chi connectivity index (χ3v) is 5.38. The lowest BCUT2D eigenvalue weighted by molar-refractivity contribution is 0.0966. The summed E-state index contributed by atoms with van der Waals surface area (Å²) in [5, 5.41) is 3.06. The summed E-state index contributed by atoms with van der Waals surface area (Å²) in [5.74, 6) is -0.304. The van der Waals surface area contributed by atoms with E-state index >= 15 is 0 Å². The summed E-state index contributed by atoms with van der Waals surface area (Å²) in [5.41, 5.74) is 0.466. The number of thiazole rings is 1. The Bertz CT molecular complexity index is 770. The highest BCUT2D eigenvalue weighted by atomic mass is 35.5. The Morgan fingerprint density at radius 1 is 1.29 bits per heavy atom. The molecule has 6 nitrogen and oxygen atoms in total. The minimum absolute atomic E-state index is 0.0706. The molecule has 0 aliphatic heterocycles. The van der Waals surface area contributed by atoms with Gasteiger partial charge in [0, 0.05) is 12.1 Å². The van der Waals surface area contributed by atoms with Crippen molar-refractivity contribution in [3.8, 4) is 0 Å². The fourth-order valence-corrected chi connectivity index (χ4v) is 3.83. The van der Waals surface area contributed by atoms with E-state index in [0.717, 1.165) is 11.3 Å². The summed E-state index contributed by atoms with van der Waals surface area (Å²) in [6.45, 7) is 1.64. The molecule has 1 heterocycles. The van der Waals surface area contributed by atoms with Gasteiger partial charge in [-0.2, -0.15) is 0 Å². The van der Waals surface area contributed by atoms with Gasteiger partial charge in [0.15, 0.2) is 5.13 Å². The largest absolute Gasteiger partial charge is 0.354 e. The number of aromatic nitrogens is 1. The molecule has 2 N–H and O–H groups in total. The van der Waals surface area contributed by atoms with E-state index < -0.39 is 10.0 Å². The summed E-state index contributed by atoms with van der Waals surface area (Å²) in [6, 6.07) is 5.76. The van der Waals surface area contributed by atoms with Gasteiger partial charge in [-0.05, 0) is 31.2 Å². The number of hydrogen-bond donors (Lipinski definition) is 2. The van der Waals surface area contributed by atoms with Gasteiger partial charge in [-0.3, -0.25) is 9.52 Å². The Kier molecular flexibility index (Phi) is 4.50. The summed E-state index contributed by atoms with van der Waals surface area (Å²) >= 11 is 6.70. The Morgan fingerprint density at radius 2 is 1.90 bits per heavy atom. The highest BCUT2D eigenvalue weighted by molar-refractivity contribution is 7.93. The van der Waals surface area contributed by atoms with E-state index in [0.29, 0.717) is 15.6 Å². The van der Waals surface area contributed by atoms with E-state index in [2.05, 4.69) is 15.0 Å². The molecule has 0 saturated carbocycles. The lowest BCUT2D eigenvalue weighted by Gasteiger charge is -2.04. The molecule has 0 unspecified atom stereocenters. The number of anilines is 1. The number of sulfonamides is 1. The summed E-state index contributed by atoms with van der Waals surface area (Å²) in [6.07, 6.45) is 0. The number of aryl methyl sites for hydroxylation is 1. The van der Waals surface area contributed by atoms with E-state index in [-0.39, 0.29) is 15.9 Å². The normalized spacial score (nSPS) is 11.2. The Labute approximate surface area is 131 Å². The van der Waals surface area contributed by atoms with Crippen LogP contribution in [0.1, 0.15) is 15.4 Å². The van der Waals surface area contributed by atoms with Crippen LogP contribution in [-0.4, -0.2) is 26.4 Å². The Balaban J connectivity index is 2.29. The molecule has 1 aromatic heterocycles. The standard InChI is InChI=1S/C12H12ClN3O3S2/c1-7-10(11(17)14-2)20-12(15-7)16-21(18,19)9-5-3-8(13)4-6-9/h3-6H,1-2H3,(H,14,17)(H,15,16).